The highest BCUT2D eigenvalue weighted by Crippen LogP contribution is 2.25. The molecule has 1 aromatic rings. The number of carboxylic acid groups (broad SMARTS) is 1. The summed E-state index contributed by atoms with van der Waals surface area (Å²) in [4.78, 5) is 12.2. The number of aliphatic carboxylic acids is 1. The number of benzene rings is 1. The van der Waals surface area contributed by atoms with E-state index in [1.54, 1.807) is 24.3 Å². The van der Waals surface area contributed by atoms with Gasteiger partial charge in [-0.3, -0.25) is 0 Å². The molecule has 0 fully saturated rings. The van der Waals surface area contributed by atoms with Crippen LogP contribution in [0.4, 0.5) is 0 Å². The van der Waals surface area contributed by atoms with E-state index in [0.29, 0.717) is 22.9 Å². The number of hydrogen-bond acceptors (Lipinski definition) is 4. The van der Waals surface area contributed by atoms with Crippen molar-refractivity contribution in [3.8, 4) is 11.8 Å². The molecule has 5 nitrogen and oxygen atoms in total. The molecule has 0 unspecified atom stereocenters. The van der Waals surface area contributed by atoms with Gasteiger partial charge < -0.3 is 19.5 Å². The quantitative estimate of drug-likeness (QED) is 0.551. The third-order valence-electron chi connectivity index (χ3n) is 3.33. The van der Waals surface area contributed by atoms with E-state index >= 15 is 0 Å². The molecule has 22 heavy (non-hydrogen) atoms. The van der Waals surface area contributed by atoms with Gasteiger partial charge in [0.25, 0.3) is 0 Å². The third-order valence-corrected chi connectivity index (χ3v) is 3.56. The van der Waals surface area contributed by atoms with Crippen molar-refractivity contribution >= 4 is 23.6 Å². The van der Waals surface area contributed by atoms with Gasteiger partial charge in [-0.15, -0.1) is 0 Å². The van der Waals surface area contributed by atoms with Gasteiger partial charge in [-0.25, -0.2) is 0 Å². The van der Waals surface area contributed by atoms with Crippen molar-refractivity contribution in [3.05, 3.63) is 34.4 Å². The number of carbonyl (C=O) groups is 1. The predicted molar refractivity (Wildman–Crippen MR) is 82.5 cm³/mol. The Balaban J connectivity index is 2.92. The molecule has 1 N–H and O–H groups in total. The standard InChI is InChI=1S/C16H19ClN2O3/c1-3-19(4-2)7-8-22-15-6-5-14(17)10-12(15)9-13(11-18)16(20)21/h5-6,9-10H,3-4,7-8H2,1-2H3,(H,20,21)/b13-9-. The monoisotopic (exact) mass is 322 g/mol. The Morgan fingerprint density at radius 3 is 2.68 bits per heavy atom. The minimum absolute atomic E-state index is 0.434. The summed E-state index contributed by atoms with van der Waals surface area (Å²) in [6.45, 7) is 7.56. The molecular weight excluding hydrogens is 304 g/mol. The van der Waals surface area contributed by atoms with E-state index in [1.165, 1.54) is 11.0 Å². The number of carboxylic acids is 1. The number of nitrogens with zero attached hydrogens (tertiary/aromatic N) is 1. The third kappa shape index (κ3) is 5.40. The van der Waals surface area contributed by atoms with Crippen molar-refractivity contribution in [3.63, 3.8) is 0 Å². The molecule has 0 aliphatic carbocycles. The van der Waals surface area contributed by atoms with Gasteiger partial charge in [-0.1, -0.05) is 11.6 Å². The first-order chi connectivity index (χ1) is 10.5. The zero-order valence-electron chi connectivity index (χ0n) is 12.7. The highest BCUT2D eigenvalue weighted by Gasteiger charge is 2.08. The summed E-state index contributed by atoms with van der Waals surface area (Å²) in [6.07, 6.45) is 1.21. The van der Waals surface area contributed by atoms with Gasteiger partial charge in [0, 0.05) is 10.6 Å². The van der Waals surface area contributed by atoms with Gasteiger partial charge in [0.15, 0.2) is 0 Å². The van der Waals surface area contributed by atoms with Gasteiger partial charge in [0.1, 0.15) is 25.0 Å². The molecule has 0 saturated heterocycles. The largest absolute Gasteiger partial charge is 0.544 e. The average Bonchev–Trinajstić information content (AvgIpc) is 2.50. The first kappa shape index (κ1) is 18.0. The maximum absolute atomic E-state index is 10.8. The smallest absolute Gasteiger partial charge is 0.137 e. The maximum Gasteiger partial charge on any atom is 0.137 e. The molecule has 0 radical (unpaired) electrons. The Labute approximate surface area is 135 Å². The first-order valence-electron chi connectivity index (χ1n) is 7.10. The Kier molecular flexibility index (Phi) is 7.44. The van der Waals surface area contributed by atoms with Crippen molar-refractivity contribution in [1.82, 2.24) is 0 Å². The van der Waals surface area contributed by atoms with Crippen LogP contribution >= 0.6 is 11.6 Å². The van der Waals surface area contributed by atoms with Crippen LogP contribution in [0.5, 0.6) is 5.75 Å². The van der Waals surface area contributed by atoms with E-state index in [2.05, 4.69) is 13.8 Å². The summed E-state index contributed by atoms with van der Waals surface area (Å²) >= 11 is 5.92. The molecule has 0 amide bonds. The lowest BCUT2D eigenvalue weighted by molar-refractivity contribution is -0.896. The van der Waals surface area contributed by atoms with Gasteiger partial charge >= 0.3 is 0 Å². The zero-order chi connectivity index (χ0) is 16.5. The minimum Gasteiger partial charge on any atom is -0.544 e. The average molecular weight is 323 g/mol. The van der Waals surface area contributed by atoms with Gasteiger partial charge in [-0.05, 0) is 38.1 Å². The molecule has 0 spiro atoms. The highest BCUT2D eigenvalue weighted by atomic mass is 35.5. The number of quaternary nitrogens is 1. The van der Waals surface area contributed by atoms with Gasteiger partial charge in [0.2, 0.25) is 0 Å². The Morgan fingerprint density at radius 2 is 2.14 bits per heavy atom. The van der Waals surface area contributed by atoms with E-state index in [-0.39, 0.29) is 0 Å². The van der Waals surface area contributed by atoms with Gasteiger partial charge in [-0.2, -0.15) is 5.26 Å². The summed E-state index contributed by atoms with van der Waals surface area (Å²) in [6, 6.07) is 6.46. The van der Waals surface area contributed by atoms with Crippen LogP contribution in [-0.2, 0) is 4.79 Å². The van der Waals surface area contributed by atoms with E-state index in [1.807, 2.05) is 0 Å². The second kappa shape index (κ2) is 9.08. The lowest BCUT2D eigenvalue weighted by Gasteiger charge is -2.16. The second-order valence-electron chi connectivity index (χ2n) is 4.69. The van der Waals surface area contributed by atoms with E-state index in [4.69, 9.17) is 21.6 Å². The SMILES string of the molecule is CC[NH+](CC)CCOc1ccc(Cl)cc1/C=C(/C#N)C(=O)[O-]. The molecule has 0 heterocycles. The molecule has 0 atom stereocenters. The number of likely N-dealkylation sites (N-methyl/N-ethyl adjacent to an activating group) is 1. The molecule has 0 aliphatic heterocycles. The van der Waals surface area contributed by atoms with E-state index in [9.17, 15) is 9.90 Å². The lowest BCUT2D eigenvalue weighted by atomic mass is 10.1. The van der Waals surface area contributed by atoms with E-state index in [0.717, 1.165) is 19.6 Å². The minimum atomic E-state index is -1.53. The summed E-state index contributed by atoms with van der Waals surface area (Å²) in [5.41, 5.74) is -0.0238. The van der Waals surface area contributed by atoms with Crippen LogP contribution in [0.2, 0.25) is 5.02 Å². The Bertz CT molecular complexity index is 590. The highest BCUT2D eigenvalue weighted by molar-refractivity contribution is 6.30. The number of ether oxygens (including phenoxy) is 1. The predicted octanol–water partition coefficient (Wildman–Crippen LogP) is 0.300. The van der Waals surface area contributed by atoms with Crippen molar-refractivity contribution in [2.75, 3.05) is 26.2 Å². The molecule has 0 aromatic heterocycles. The number of halogens is 1. The molecule has 0 saturated carbocycles. The molecule has 6 heteroatoms. The fraction of sp³-hybridized carbons (Fsp3) is 0.375. The molecule has 1 rings (SSSR count). The van der Waals surface area contributed by atoms with Crippen molar-refractivity contribution < 1.29 is 19.5 Å². The maximum atomic E-state index is 10.8. The molecule has 1 aromatic carbocycles. The summed E-state index contributed by atoms with van der Waals surface area (Å²) < 4.78 is 5.70. The summed E-state index contributed by atoms with van der Waals surface area (Å²) in [7, 11) is 0. The topological polar surface area (TPSA) is 77.6 Å². The zero-order valence-corrected chi connectivity index (χ0v) is 13.4. The van der Waals surface area contributed by atoms with Crippen LogP contribution in [-0.4, -0.2) is 32.2 Å². The van der Waals surface area contributed by atoms with Crippen LogP contribution in [0.3, 0.4) is 0 Å². The Morgan fingerprint density at radius 1 is 1.45 bits per heavy atom. The van der Waals surface area contributed by atoms with Crippen LogP contribution in [0, 0.1) is 11.3 Å². The number of hydrogen-bond donors (Lipinski definition) is 1. The summed E-state index contributed by atoms with van der Waals surface area (Å²) in [5.74, 6) is -1.04. The molecule has 0 bridgehead atoms. The van der Waals surface area contributed by atoms with Crippen LogP contribution < -0.4 is 14.7 Å². The normalized spacial score (nSPS) is 11.3. The fourth-order valence-electron chi connectivity index (χ4n) is 1.96. The van der Waals surface area contributed by atoms with Crippen LogP contribution in [0.25, 0.3) is 6.08 Å². The summed E-state index contributed by atoms with van der Waals surface area (Å²) in [5, 5.41) is 20.1. The number of carbonyl (C=O) groups excluding carboxylic acids is 1. The molecule has 0 aliphatic rings. The molecular formula is C16H19ClN2O3. The lowest BCUT2D eigenvalue weighted by Crippen LogP contribution is -3.12. The second-order valence-corrected chi connectivity index (χ2v) is 5.13. The van der Waals surface area contributed by atoms with Crippen LogP contribution in [0.1, 0.15) is 19.4 Å². The van der Waals surface area contributed by atoms with E-state index < -0.39 is 11.5 Å². The number of rotatable bonds is 8. The van der Waals surface area contributed by atoms with Crippen LogP contribution in [0.15, 0.2) is 23.8 Å². The Hall–Kier alpha value is -2.03. The van der Waals surface area contributed by atoms with Crippen molar-refractivity contribution in [2.24, 2.45) is 0 Å². The number of nitrogens with one attached hydrogen (secondary N) is 1. The van der Waals surface area contributed by atoms with Crippen molar-refractivity contribution in [2.45, 2.75) is 13.8 Å². The fourth-order valence-corrected chi connectivity index (χ4v) is 2.15. The first-order valence-corrected chi connectivity index (χ1v) is 7.48. The molecule has 118 valence electrons. The number of nitriles is 1. The van der Waals surface area contributed by atoms with Crippen molar-refractivity contribution in [1.29, 1.82) is 5.26 Å². The van der Waals surface area contributed by atoms with Gasteiger partial charge in [0.05, 0.1) is 24.6 Å².